The molecular weight excluding hydrogens is 290 g/mol. The summed E-state index contributed by atoms with van der Waals surface area (Å²) in [6.45, 7) is 4.18. The number of halogens is 1. The molecule has 0 spiro atoms. The van der Waals surface area contributed by atoms with Gasteiger partial charge in [0.05, 0.1) is 17.2 Å². The Balaban J connectivity index is 2.50. The van der Waals surface area contributed by atoms with E-state index >= 15 is 0 Å². The van der Waals surface area contributed by atoms with E-state index < -0.39 is 0 Å². The third-order valence-electron chi connectivity index (χ3n) is 2.98. The average molecular weight is 310 g/mol. The molecule has 1 aromatic rings. The van der Waals surface area contributed by atoms with Crippen LogP contribution in [0.25, 0.3) is 0 Å². The summed E-state index contributed by atoms with van der Waals surface area (Å²) in [5.74, 6) is -0.116. The highest BCUT2D eigenvalue weighted by molar-refractivity contribution is 6.32. The minimum atomic E-state index is -0.116. The van der Waals surface area contributed by atoms with Crippen molar-refractivity contribution in [1.29, 1.82) is 5.26 Å². The van der Waals surface area contributed by atoms with Crippen LogP contribution in [0.3, 0.4) is 0 Å². The molecule has 1 aromatic carbocycles. The predicted octanol–water partition coefficient (Wildman–Crippen LogP) is 2.24. The molecule has 0 aliphatic carbocycles. The fraction of sp³-hybridized carbons (Fsp3) is 0.467. The molecule has 0 saturated carbocycles. The van der Waals surface area contributed by atoms with Crippen molar-refractivity contribution < 1.29 is 9.90 Å². The number of carbonyl (C=O) groups is 1. The molecule has 0 radical (unpaired) electrons. The van der Waals surface area contributed by atoms with E-state index in [-0.39, 0.29) is 12.5 Å². The predicted molar refractivity (Wildman–Crippen MR) is 83.2 cm³/mol. The van der Waals surface area contributed by atoms with Crippen molar-refractivity contribution >= 4 is 23.2 Å². The van der Waals surface area contributed by atoms with Crippen LogP contribution in [-0.2, 0) is 4.79 Å². The van der Waals surface area contributed by atoms with Crippen LogP contribution in [0, 0.1) is 11.3 Å². The first kappa shape index (κ1) is 17.4. The van der Waals surface area contributed by atoms with Gasteiger partial charge in [0, 0.05) is 25.2 Å². The number of aliphatic hydroxyl groups excluding tert-OH is 1. The molecule has 0 fully saturated rings. The highest BCUT2D eigenvalue weighted by Gasteiger charge is 2.08. The largest absolute Gasteiger partial charge is 0.395 e. The number of nitriles is 1. The van der Waals surface area contributed by atoms with E-state index in [0.29, 0.717) is 35.8 Å². The van der Waals surface area contributed by atoms with Gasteiger partial charge in [0.1, 0.15) is 6.07 Å². The molecule has 0 aromatic heterocycles. The number of hydrogen-bond donors (Lipinski definition) is 2. The van der Waals surface area contributed by atoms with E-state index in [1.54, 1.807) is 18.2 Å². The monoisotopic (exact) mass is 309 g/mol. The molecular formula is C15H20ClN3O2. The SMILES string of the molecule is CCCN(CCO)CCC(=O)Nc1ccc(C#N)c(Cl)c1. The summed E-state index contributed by atoms with van der Waals surface area (Å²) in [5.41, 5.74) is 0.958. The second kappa shape index (κ2) is 9.35. The van der Waals surface area contributed by atoms with Gasteiger partial charge in [0.25, 0.3) is 0 Å². The number of nitrogens with zero attached hydrogens (tertiary/aromatic N) is 2. The molecule has 0 heterocycles. The van der Waals surface area contributed by atoms with Gasteiger partial charge in [-0.3, -0.25) is 4.79 Å². The van der Waals surface area contributed by atoms with E-state index in [9.17, 15) is 4.79 Å². The van der Waals surface area contributed by atoms with E-state index in [4.69, 9.17) is 22.0 Å². The Hall–Kier alpha value is -1.61. The Morgan fingerprint density at radius 1 is 1.43 bits per heavy atom. The van der Waals surface area contributed by atoms with Crippen LogP contribution in [0.2, 0.25) is 5.02 Å². The van der Waals surface area contributed by atoms with Gasteiger partial charge in [-0.1, -0.05) is 18.5 Å². The van der Waals surface area contributed by atoms with E-state index in [2.05, 4.69) is 12.2 Å². The third-order valence-corrected chi connectivity index (χ3v) is 3.30. The van der Waals surface area contributed by atoms with Gasteiger partial charge in [-0.2, -0.15) is 5.26 Å². The fourth-order valence-corrected chi connectivity index (χ4v) is 2.18. The molecule has 0 atom stereocenters. The zero-order valence-corrected chi connectivity index (χ0v) is 12.9. The van der Waals surface area contributed by atoms with E-state index in [1.165, 1.54) is 0 Å². The summed E-state index contributed by atoms with van der Waals surface area (Å²) in [5, 5.41) is 20.8. The van der Waals surface area contributed by atoms with Crippen LogP contribution in [0.4, 0.5) is 5.69 Å². The maximum absolute atomic E-state index is 11.9. The topological polar surface area (TPSA) is 76.4 Å². The summed E-state index contributed by atoms with van der Waals surface area (Å²) >= 11 is 5.91. The lowest BCUT2D eigenvalue weighted by atomic mass is 10.2. The van der Waals surface area contributed by atoms with Crippen LogP contribution in [0.1, 0.15) is 25.3 Å². The highest BCUT2D eigenvalue weighted by Crippen LogP contribution is 2.20. The standard InChI is InChI=1S/C15H20ClN3O2/c1-2-6-19(8-9-20)7-5-15(21)18-13-4-3-12(11-17)14(16)10-13/h3-4,10,20H,2,5-9H2,1H3,(H,18,21). The summed E-state index contributed by atoms with van der Waals surface area (Å²) in [7, 11) is 0. The quantitative estimate of drug-likeness (QED) is 0.772. The molecule has 1 amide bonds. The molecule has 0 unspecified atom stereocenters. The Morgan fingerprint density at radius 2 is 2.19 bits per heavy atom. The first-order chi connectivity index (χ1) is 10.1. The number of benzene rings is 1. The van der Waals surface area contributed by atoms with Crippen molar-refractivity contribution in [3.05, 3.63) is 28.8 Å². The van der Waals surface area contributed by atoms with Crippen molar-refractivity contribution in [3.63, 3.8) is 0 Å². The Bertz CT molecular complexity index is 508. The number of nitrogens with one attached hydrogen (secondary N) is 1. The van der Waals surface area contributed by atoms with Gasteiger partial charge >= 0.3 is 0 Å². The van der Waals surface area contributed by atoms with E-state index in [0.717, 1.165) is 13.0 Å². The van der Waals surface area contributed by atoms with Gasteiger partial charge < -0.3 is 15.3 Å². The summed E-state index contributed by atoms with van der Waals surface area (Å²) in [4.78, 5) is 13.9. The van der Waals surface area contributed by atoms with Crippen molar-refractivity contribution in [3.8, 4) is 6.07 Å². The number of aliphatic hydroxyl groups is 1. The smallest absolute Gasteiger partial charge is 0.225 e. The second-order valence-electron chi connectivity index (χ2n) is 4.67. The van der Waals surface area contributed by atoms with Crippen molar-refractivity contribution in [2.24, 2.45) is 0 Å². The Morgan fingerprint density at radius 3 is 2.76 bits per heavy atom. The minimum Gasteiger partial charge on any atom is -0.395 e. The van der Waals surface area contributed by atoms with Gasteiger partial charge in [-0.15, -0.1) is 0 Å². The maximum atomic E-state index is 11.9. The number of hydrogen-bond acceptors (Lipinski definition) is 4. The van der Waals surface area contributed by atoms with Crippen molar-refractivity contribution in [2.75, 3.05) is 31.6 Å². The molecule has 1 rings (SSSR count). The molecule has 0 bridgehead atoms. The molecule has 0 aliphatic rings. The zero-order chi connectivity index (χ0) is 15.7. The zero-order valence-electron chi connectivity index (χ0n) is 12.1. The molecule has 2 N–H and O–H groups in total. The second-order valence-corrected chi connectivity index (χ2v) is 5.08. The maximum Gasteiger partial charge on any atom is 0.225 e. The minimum absolute atomic E-state index is 0.0901. The first-order valence-corrected chi connectivity index (χ1v) is 7.31. The number of amides is 1. The number of rotatable bonds is 8. The van der Waals surface area contributed by atoms with Crippen LogP contribution < -0.4 is 5.32 Å². The Kier molecular flexibility index (Phi) is 7.76. The molecule has 0 aliphatic heterocycles. The van der Waals surface area contributed by atoms with E-state index in [1.807, 2.05) is 11.0 Å². The van der Waals surface area contributed by atoms with Crippen molar-refractivity contribution in [1.82, 2.24) is 4.90 Å². The molecule has 0 saturated heterocycles. The summed E-state index contributed by atoms with van der Waals surface area (Å²) in [6, 6.07) is 6.76. The molecule has 6 heteroatoms. The number of carbonyl (C=O) groups excluding carboxylic acids is 1. The van der Waals surface area contributed by atoms with Gasteiger partial charge in [-0.25, -0.2) is 0 Å². The summed E-state index contributed by atoms with van der Waals surface area (Å²) < 4.78 is 0. The van der Waals surface area contributed by atoms with Crippen LogP contribution in [0.15, 0.2) is 18.2 Å². The molecule has 5 nitrogen and oxygen atoms in total. The lowest BCUT2D eigenvalue weighted by molar-refractivity contribution is -0.116. The molecule has 114 valence electrons. The lowest BCUT2D eigenvalue weighted by Crippen LogP contribution is -2.31. The first-order valence-electron chi connectivity index (χ1n) is 6.93. The van der Waals surface area contributed by atoms with Crippen molar-refractivity contribution in [2.45, 2.75) is 19.8 Å². The van der Waals surface area contributed by atoms with Crippen LogP contribution >= 0.6 is 11.6 Å². The van der Waals surface area contributed by atoms with Gasteiger partial charge in [0.15, 0.2) is 0 Å². The average Bonchev–Trinajstić information content (AvgIpc) is 2.45. The third kappa shape index (κ3) is 6.13. The lowest BCUT2D eigenvalue weighted by Gasteiger charge is -2.20. The van der Waals surface area contributed by atoms with Crippen LogP contribution in [0.5, 0.6) is 0 Å². The van der Waals surface area contributed by atoms with Gasteiger partial charge in [-0.05, 0) is 31.2 Å². The summed E-state index contributed by atoms with van der Waals surface area (Å²) in [6.07, 6.45) is 1.32. The number of anilines is 1. The Labute approximate surface area is 130 Å². The molecule has 21 heavy (non-hydrogen) atoms. The highest BCUT2D eigenvalue weighted by atomic mass is 35.5. The van der Waals surface area contributed by atoms with Crippen LogP contribution in [-0.4, -0.2) is 42.2 Å². The van der Waals surface area contributed by atoms with Gasteiger partial charge in [0.2, 0.25) is 5.91 Å². The fourth-order valence-electron chi connectivity index (χ4n) is 1.96. The normalized spacial score (nSPS) is 10.4.